The molecule has 2 atom stereocenters. The molecule has 1 aromatic rings. The van der Waals surface area contributed by atoms with Crippen LogP contribution in [0.4, 0.5) is 0 Å². The summed E-state index contributed by atoms with van der Waals surface area (Å²) in [6.07, 6.45) is 0.585. The van der Waals surface area contributed by atoms with Gasteiger partial charge in [-0.15, -0.1) is 0 Å². The van der Waals surface area contributed by atoms with Crippen LogP contribution < -0.4 is 0 Å². The molecule has 0 aliphatic rings. The largest absolute Gasteiger partial charge is 0.469 e. The first kappa shape index (κ1) is 13.7. The molecule has 0 radical (unpaired) electrons. The van der Waals surface area contributed by atoms with Crippen LogP contribution in [0.25, 0.3) is 0 Å². The molecule has 3 heteroatoms. The molecule has 0 fully saturated rings. The Morgan fingerprint density at radius 3 is 2.41 bits per heavy atom. The number of benzene rings is 1. The van der Waals surface area contributed by atoms with Crippen molar-refractivity contribution in [1.82, 2.24) is 0 Å². The van der Waals surface area contributed by atoms with Crippen molar-refractivity contribution in [2.24, 2.45) is 5.92 Å². The summed E-state index contributed by atoms with van der Waals surface area (Å²) >= 11 is 0. The number of carbonyl (C=O) groups excluding carboxylic acids is 1. The van der Waals surface area contributed by atoms with E-state index in [9.17, 15) is 9.90 Å². The molecular weight excluding hydrogens is 216 g/mol. The highest BCUT2D eigenvalue weighted by Crippen LogP contribution is 2.24. The third-order valence-electron chi connectivity index (χ3n) is 2.98. The summed E-state index contributed by atoms with van der Waals surface area (Å²) in [5.74, 6) is -0.434. The van der Waals surface area contributed by atoms with E-state index in [1.165, 1.54) is 12.7 Å². The molecular formula is C14H20O3. The van der Waals surface area contributed by atoms with Crippen molar-refractivity contribution in [2.75, 3.05) is 7.11 Å². The van der Waals surface area contributed by atoms with E-state index in [0.717, 1.165) is 12.0 Å². The lowest BCUT2D eigenvalue weighted by Crippen LogP contribution is -2.14. The lowest BCUT2D eigenvalue weighted by molar-refractivity contribution is -0.142. The van der Waals surface area contributed by atoms with Gasteiger partial charge in [0.15, 0.2) is 0 Å². The second-order valence-corrected chi connectivity index (χ2v) is 4.30. The Bertz CT molecular complexity index is 356. The summed E-state index contributed by atoms with van der Waals surface area (Å²) in [6.45, 7) is 3.93. The average molecular weight is 236 g/mol. The maximum Gasteiger partial charge on any atom is 0.305 e. The SMILES string of the molecule is CCc1ccc(C(O)C(C)CC(=O)OC)cc1. The average Bonchev–Trinajstić information content (AvgIpc) is 2.37. The van der Waals surface area contributed by atoms with Gasteiger partial charge in [0.2, 0.25) is 0 Å². The molecule has 0 aliphatic carbocycles. The highest BCUT2D eigenvalue weighted by atomic mass is 16.5. The molecule has 0 spiro atoms. The predicted molar refractivity (Wildman–Crippen MR) is 66.6 cm³/mol. The standard InChI is InChI=1S/C14H20O3/c1-4-11-5-7-12(8-6-11)14(16)10(2)9-13(15)17-3/h5-8,10,14,16H,4,9H2,1-3H3. The number of hydrogen-bond acceptors (Lipinski definition) is 3. The number of carbonyl (C=O) groups is 1. The molecule has 0 heterocycles. The van der Waals surface area contributed by atoms with Crippen LogP contribution in [-0.4, -0.2) is 18.2 Å². The van der Waals surface area contributed by atoms with Gasteiger partial charge in [0.25, 0.3) is 0 Å². The van der Waals surface area contributed by atoms with Crippen LogP contribution in [0.2, 0.25) is 0 Å². The molecule has 17 heavy (non-hydrogen) atoms. The van der Waals surface area contributed by atoms with Crippen LogP contribution in [0.15, 0.2) is 24.3 Å². The highest BCUT2D eigenvalue weighted by Gasteiger charge is 2.19. The van der Waals surface area contributed by atoms with Crippen molar-refractivity contribution in [3.8, 4) is 0 Å². The minimum atomic E-state index is -0.625. The molecule has 94 valence electrons. The van der Waals surface area contributed by atoms with Crippen LogP contribution >= 0.6 is 0 Å². The zero-order chi connectivity index (χ0) is 12.8. The third kappa shape index (κ3) is 3.86. The zero-order valence-electron chi connectivity index (χ0n) is 10.6. The van der Waals surface area contributed by atoms with E-state index in [0.29, 0.717) is 0 Å². The van der Waals surface area contributed by atoms with E-state index in [-0.39, 0.29) is 18.3 Å². The van der Waals surface area contributed by atoms with Crippen LogP contribution in [0.3, 0.4) is 0 Å². The minimum absolute atomic E-state index is 0.144. The zero-order valence-corrected chi connectivity index (χ0v) is 10.6. The van der Waals surface area contributed by atoms with E-state index in [4.69, 9.17) is 0 Å². The van der Waals surface area contributed by atoms with Gasteiger partial charge in [-0.05, 0) is 23.5 Å². The number of rotatable bonds is 5. The van der Waals surface area contributed by atoms with Crippen molar-refractivity contribution in [1.29, 1.82) is 0 Å². The van der Waals surface area contributed by atoms with E-state index in [1.54, 1.807) is 0 Å². The maximum absolute atomic E-state index is 11.1. The fourth-order valence-electron chi connectivity index (χ4n) is 1.74. The van der Waals surface area contributed by atoms with Crippen molar-refractivity contribution in [3.05, 3.63) is 35.4 Å². The van der Waals surface area contributed by atoms with Crippen LogP contribution in [-0.2, 0) is 16.0 Å². The maximum atomic E-state index is 11.1. The lowest BCUT2D eigenvalue weighted by Gasteiger charge is -2.18. The van der Waals surface area contributed by atoms with E-state index in [2.05, 4.69) is 11.7 Å². The number of methoxy groups -OCH3 is 1. The number of aryl methyl sites for hydroxylation is 1. The molecule has 0 saturated heterocycles. The molecule has 1 N–H and O–H groups in total. The van der Waals surface area contributed by atoms with Crippen LogP contribution in [0.5, 0.6) is 0 Å². The number of hydrogen-bond donors (Lipinski definition) is 1. The van der Waals surface area contributed by atoms with Crippen molar-refractivity contribution in [3.63, 3.8) is 0 Å². The van der Waals surface area contributed by atoms with Gasteiger partial charge in [0, 0.05) is 0 Å². The highest BCUT2D eigenvalue weighted by molar-refractivity contribution is 5.69. The number of aliphatic hydroxyl groups excluding tert-OH is 1. The Balaban J connectivity index is 2.67. The molecule has 0 aliphatic heterocycles. The molecule has 0 amide bonds. The molecule has 2 unspecified atom stereocenters. The first-order chi connectivity index (χ1) is 8.08. The summed E-state index contributed by atoms with van der Waals surface area (Å²) < 4.78 is 4.59. The van der Waals surface area contributed by atoms with Crippen LogP contribution in [0.1, 0.15) is 37.5 Å². The van der Waals surface area contributed by atoms with Gasteiger partial charge < -0.3 is 9.84 Å². The second-order valence-electron chi connectivity index (χ2n) is 4.30. The Morgan fingerprint density at radius 1 is 1.35 bits per heavy atom. The number of aliphatic hydroxyl groups is 1. The minimum Gasteiger partial charge on any atom is -0.469 e. The molecule has 0 aromatic heterocycles. The smallest absolute Gasteiger partial charge is 0.305 e. The van der Waals surface area contributed by atoms with Gasteiger partial charge in [0.05, 0.1) is 19.6 Å². The molecule has 1 rings (SSSR count). The monoisotopic (exact) mass is 236 g/mol. The van der Waals surface area contributed by atoms with Crippen molar-refractivity contribution < 1.29 is 14.6 Å². The number of esters is 1. The van der Waals surface area contributed by atoms with Crippen LogP contribution in [0, 0.1) is 5.92 Å². The van der Waals surface area contributed by atoms with E-state index in [1.807, 2.05) is 31.2 Å². The Kier molecular flexibility index (Phi) is 5.16. The molecule has 3 nitrogen and oxygen atoms in total. The van der Waals surface area contributed by atoms with Gasteiger partial charge in [0.1, 0.15) is 0 Å². The van der Waals surface area contributed by atoms with E-state index < -0.39 is 6.10 Å². The molecule has 0 saturated carbocycles. The summed E-state index contributed by atoms with van der Waals surface area (Å²) in [7, 11) is 1.36. The normalized spacial score (nSPS) is 14.1. The predicted octanol–water partition coefficient (Wildman–Crippen LogP) is 2.48. The third-order valence-corrected chi connectivity index (χ3v) is 2.98. The fourth-order valence-corrected chi connectivity index (χ4v) is 1.74. The first-order valence-electron chi connectivity index (χ1n) is 5.92. The first-order valence-corrected chi connectivity index (χ1v) is 5.92. The van der Waals surface area contributed by atoms with Gasteiger partial charge in [-0.25, -0.2) is 0 Å². The van der Waals surface area contributed by atoms with Gasteiger partial charge >= 0.3 is 5.97 Å². The van der Waals surface area contributed by atoms with Gasteiger partial charge in [-0.2, -0.15) is 0 Å². The quantitative estimate of drug-likeness (QED) is 0.799. The summed E-state index contributed by atoms with van der Waals surface area (Å²) in [6, 6.07) is 7.83. The summed E-state index contributed by atoms with van der Waals surface area (Å²) in [5.41, 5.74) is 2.08. The van der Waals surface area contributed by atoms with Gasteiger partial charge in [-0.1, -0.05) is 38.1 Å². The Labute approximate surface area is 102 Å². The molecule has 0 bridgehead atoms. The summed E-state index contributed by atoms with van der Waals surface area (Å²) in [5, 5.41) is 10.1. The Hall–Kier alpha value is -1.35. The molecule has 1 aromatic carbocycles. The fraction of sp³-hybridized carbons (Fsp3) is 0.500. The van der Waals surface area contributed by atoms with Crippen molar-refractivity contribution >= 4 is 5.97 Å². The van der Waals surface area contributed by atoms with Crippen molar-refractivity contribution in [2.45, 2.75) is 32.8 Å². The Morgan fingerprint density at radius 2 is 1.94 bits per heavy atom. The lowest BCUT2D eigenvalue weighted by atomic mass is 9.94. The second kappa shape index (κ2) is 6.40. The summed E-state index contributed by atoms with van der Waals surface area (Å²) in [4.78, 5) is 11.1. The van der Waals surface area contributed by atoms with Gasteiger partial charge in [-0.3, -0.25) is 4.79 Å². The van der Waals surface area contributed by atoms with E-state index >= 15 is 0 Å². The number of ether oxygens (including phenoxy) is 1. The topological polar surface area (TPSA) is 46.5 Å².